The molecule has 3 heterocycles. The molecule has 1 N–H and O–H groups in total. The number of nitrogens with one attached hydrogen (secondary N) is 1. The van der Waals surface area contributed by atoms with Crippen molar-refractivity contribution in [3.8, 4) is 11.3 Å². The van der Waals surface area contributed by atoms with Gasteiger partial charge in [-0.1, -0.05) is 6.07 Å². The average Bonchev–Trinajstić information content (AvgIpc) is 3.31. The van der Waals surface area contributed by atoms with Crippen molar-refractivity contribution in [1.29, 1.82) is 0 Å². The van der Waals surface area contributed by atoms with E-state index in [0.717, 1.165) is 17.0 Å². The molecule has 0 saturated carbocycles. The van der Waals surface area contributed by atoms with E-state index < -0.39 is 0 Å². The predicted molar refractivity (Wildman–Crippen MR) is 116 cm³/mol. The second-order valence-electron chi connectivity index (χ2n) is 6.64. The van der Waals surface area contributed by atoms with Gasteiger partial charge in [0.1, 0.15) is 23.4 Å². The van der Waals surface area contributed by atoms with E-state index in [4.69, 9.17) is 21.4 Å². The fourth-order valence-corrected chi connectivity index (χ4v) is 4.37. The van der Waals surface area contributed by atoms with Gasteiger partial charge in [-0.25, -0.2) is 4.39 Å². The number of pyridine rings is 1. The lowest BCUT2D eigenvalue weighted by atomic mass is 10.0. The van der Waals surface area contributed by atoms with Gasteiger partial charge in [-0.3, -0.25) is 4.98 Å². The number of nitrogens with zero attached hydrogens (tertiary/aromatic N) is 2. The highest BCUT2D eigenvalue weighted by Gasteiger charge is 2.41. The highest BCUT2D eigenvalue weighted by Crippen LogP contribution is 2.41. The molecule has 1 aromatic carbocycles. The molecule has 0 unspecified atom stereocenters. The molecular weight excluding hydrogens is 457 g/mol. The van der Waals surface area contributed by atoms with Crippen molar-refractivity contribution < 1.29 is 13.5 Å². The number of furan rings is 1. The zero-order chi connectivity index (χ0) is 20.4. The summed E-state index contributed by atoms with van der Waals surface area (Å²) in [6, 6.07) is 13.8. The number of methoxy groups -OCH3 is 1. The van der Waals surface area contributed by atoms with E-state index in [1.165, 1.54) is 12.1 Å². The van der Waals surface area contributed by atoms with E-state index in [-0.39, 0.29) is 17.9 Å². The molecule has 150 valence electrons. The van der Waals surface area contributed by atoms with Gasteiger partial charge in [0.05, 0.1) is 18.3 Å². The molecule has 2 atom stereocenters. The van der Waals surface area contributed by atoms with E-state index in [1.807, 2.05) is 30.3 Å². The number of hydrogen-bond acceptors (Lipinski definition) is 4. The Balaban J connectivity index is 1.72. The fraction of sp³-hybridized carbons (Fsp3) is 0.238. The summed E-state index contributed by atoms with van der Waals surface area (Å²) in [6.07, 6.45) is 1.76. The summed E-state index contributed by atoms with van der Waals surface area (Å²) in [5.74, 6) is 1.09. The molecular formula is C21H19BrFN3O2S. The molecule has 0 radical (unpaired) electrons. The lowest BCUT2D eigenvalue weighted by molar-refractivity contribution is 0.158. The van der Waals surface area contributed by atoms with Crippen LogP contribution >= 0.6 is 28.1 Å². The molecule has 2 aromatic heterocycles. The van der Waals surface area contributed by atoms with E-state index >= 15 is 0 Å². The maximum absolute atomic E-state index is 13.5. The van der Waals surface area contributed by atoms with Crippen LogP contribution in [0.5, 0.6) is 0 Å². The Kier molecular flexibility index (Phi) is 5.94. The molecule has 5 nitrogen and oxygen atoms in total. The van der Waals surface area contributed by atoms with Crippen LogP contribution < -0.4 is 5.32 Å². The van der Waals surface area contributed by atoms with Crippen molar-refractivity contribution in [2.45, 2.75) is 12.1 Å². The largest absolute Gasteiger partial charge is 0.459 e. The Morgan fingerprint density at radius 3 is 2.86 bits per heavy atom. The van der Waals surface area contributed by atoms with Gasteiger partial charge in [-0.05, 0) is 70.6 Å². The summed E-state index contributed by atoms with van der Waals surface area (Å²) in [5, 5.41) is 3.99. The Bertz CT molecular complexity index is 1010. The van der Waals surface area contributed by atoms with E-state index in [1.54, 1.807) is 19.4 Å². The molecule has 1 saturated heterocycles. The maximum atomic E-state index is 13.5. The molecule has 0 spiro atoms. The summed E-state index contributed by atoms with van der Waals surface area (Å²) in [6.45, 7) is 1.15. The Hall–Kier alpha value is -2.29. The molecule has 0 amide bonds. The minimum absolute atomic E-state index is 0.156. The van der Waals surface area contributed by atoms with Crippen molar-refractivity contribution in [3.05, 3.63) is 76.5 Å². The maximum Gasteiger partial charge on any atom is 0.170 e. The van der Waals surface area contributed by atoms with Crippen molar-refractivity contribution >= 4 is 33.3 Å². The Labute approximate surface area is 182 Å². The minimum atomic E-state index is -0.307. The molecule has 1 fully saturated rings. The first kappa shape index (κ1) is 20.0. The number of benzene rings is 1. The molecule has 1 aliphatic rings. The number of halogens is 2. The number of aromatic nitrogens is 1. The van der Waals surface area contributed by atoms with Crippen LogP contribution in [0.15, 0.2) is 63.6 Å². The standard InChI is InChI=1S/C21H19BrFN3O2S/c1-27-11-10-26-20(19(25-21(26)29)16-4-2-3-9-24-16)18-8-7-17(28-18)14-6-5-13(23)12-15(14)22/h2-9,12,19-20H,10-11H2,1H3,(H,25,29)/t19-,20-/m0/s1. The van der Waals surface area contributed by atoms with E-state index in [9.17, 15) is 4.39 Å². The number of hydrogen-bond donors (Lipinski definition) is 1. The summed E-state index contributed by atoms with van der Waals surface area (Å²) in [4.78, 5) is 6.56. The summed E-state index contributed by atoms with van der Waals surface area (Å²) < 4.78 is 25.6. The topological polar surface area (TPSA) is 50.5 Å². The molecule has 3 aromatic rings. The lowest BCUT2D eigenvalue weighted by Crippen LogP contribution is -2.32. The van der Waals surface area contributed by atoms with Crippen molar-refractivity contribution in [2.24, 2.45) is 0 Å². The van der Waals surface area contributed by atoms with Crippen molar-refractivity contribution in [1.82, 2.24) is 15.2 Å². The Morgan fingerprint density at radius 2 is 2.14 bits per heavy atom. The van der Waals surface area contributed by atoms with Gasteiger partial charge in [0.15, 0.2) is 5.11 Å². The molecule has 0 bridgehead atoms. The first-order chi connectivity index (χ1) is 14.1. The number of ether oxygens (including phenoxy) is 1. The first-order valence-corrected chi connectivity index (χ1v) is 10.3. The van der Waals surface area contributed by atoms with Gasteiger partial charge in [-0.2, -0.15) is 0 Å². The third-order valence-electron chi connectivity index (χ3n) is 4.85. The fourth-order valence-electron chi connectivity index (χ4n) is 3.49. The normalized spacial score (nSPS) is 18.9. The Morgan fingerprint density at radius 1 is 1.28 bits per heavy atom. The molecule has 29 heavy (non-hydrogen) atoms. The quantitative estimate of drug-likeness (QED) is 0.513. The van der Waals surface area contributed by atoms with Crippen LogP contribution in [0.1, 0.15) is 23.5 Å². The molecule has 4 rings (SSSR count). The van der Waals surface area contributed by atoms with Crippen LogP contribution in [-0.4, -0.2) is 35.3 Å². The summed E-state index contributed by atoms with van der Waals surface area (Å²) in [7, 11) is 1.66. The van der Waals surface area contributed by atoms with Crippen molar-refractivity contribution in [2.75, 3.05) is 20.3 Å². The third-order valence-corrected chi connectivity index (χ3v) is 5.86. The molecule has 8 heteroatoms. The van der Waals surface area contributed by atoms with E-state index in [0.29, 0.717) is 28.5 Å². The van der Waals surface area contributed by atoms with Gasteiger partial charge in [0.2, 0.25) is 0 Å². The summed E-state index contributed by atoms with van der Waals surface area (Å²) >= 11 is 8.99. The van der Waals surface area contributed by atoms with Gasteiger partial charge >= 0.3 is 0 Å². The molecule has 1 aliphatic heterocycles. The zero-order valence-corrected chi connectivity index (χ0v) is 18.0. The van der Waals surface area contributed by atoms with Gasteiger partial charge < -0.3 is 19.4 Å². The van der Waals surface area contributed by atoms with Crippen LogP contribution in [0, 0.1) is 5.82 Å². The van der Waals surface area contributed by atoms with Gasteiger partial charge in [-0.15, -0.1) is 0 Å². The second kappa shape index (κ2) is 8.61. The average molecular weight is 476 g/mol. The smallest absolute Gasteiger partial charge is 0.170 e. The lowest BCUT2D eigenvalue weighted by Gasteiger charge is -2.25. The van der Waals surface area contributed by atoms with Gasteiger partial charge in [0.25, 0.3) is 0 Å². The first-order valence-electron chi connectivity index (χ1n) is 9.10. The van der Waals surface area contributed by atoms with Crippen LogP contribution in [0.4, 0.5) is 4.39 Å². The monoisotopic (exact) mass is 475 g/mol. The second-order valence-corrected chi connectivity index (χ2v) is 7.88. The minimum Gasteiger partial charge on any atom is -0.459 e. The van der Waals surface area contributed by atoms with Crippen LogP contribution in [-0.2, 0) is 4.74 Å². The van der Waals surface area contributed by atoms with Crippen LogP contribution in [0.25, 0.3) is 11.3 Å². The third kappa shape index (κ3) is 4.05. The molecule has 0 aliphatic carbocycles. The highest BCUT2D eigenvalue weighted by atomic mass is 79.9. The zero-order valence-electron chi connectivity index (χ0n) is 15.6. The van der Waals surface area contributed by atoms with Crippen molar-refractivity contribution in [3.63, 3.8) is 0 Å². The van der Waals surface area contributed by atoms with E-state index in [2.05, 4.69) is 31.1 Å². The highest BCUT2D eigenvalue weighted by molar-refractivity contribution is 9.10. The SMILES string of the molecule is COCCN1C(=S)N[C@@H](c2ccccn2)[C@@H]1c1ccc(-c2ccc(F)cc2Br)o1. The van der Waals surface area contributed by atoms with Crippen LogP contribution in [0.2, 0.25) is 0 Å². The predicted octanol–water partition coefficient (Wildman–Crippen LogP) is 4.86. The van der Waals surface area contributed by atoms with Crippen LogP contribution in [0.3, 0.4) is 0 Å². The number of thiocarbonyl (C=S) groups is 1. The summed E-state index contributed by atoms with van der Waals surface area (Å²) in [5.41, 5.74) is 1.66. The van der Waals surface area contributed by atoms with Gasteiger partial charge in [0, 0.05) is 29.9 Å². The number of rotatable bonds is 6.